The van der Waals surface area contributed by atoms with Gasteiger partial charge in [0, 0.05) is 11.1 Å². The molecule has 1 aromatic rings. The zero-order valence-electron chi connectivity index (χ0n) is 10.3. The van der Waals surface area contributed by atoms with Gasteiger partial charge < -0.3 is 11.1 Å². The van der Waals surface area contributed by atoms with E-state index in [4.69, 9.17) is 17.3 Å². The molecule has 16 heavy (non-hydrogen) atoms. The van der Waals surface area contributed by atoms with Gasteiger partial charge in [0.15, 0.2) is 0 Å². The van der Waals surface area contributed by atoms with Gasteiger partial charge in [0.25, 0.3) is 0 Å². The van der Waals surface area contributed by atoms with Crippen LogP contribution in [0.4, 0.5) is 11.4 Å². The normalized spacial score (nSPS) is 21.8. The van der Waals surface area contributed by atoms with Crippen LogP contribution in [-0.2, 0) is 0 Å². The van der Waals surface area contributed by atoms with Gasteiger partial charge in [0.1, 0.15) is 0 Å². The molecule has 1 aliphatic rings. The molecule has 0 atom stereocenters. The molecule has 0 spiro atoms. The minimum Gasteiger partial charge on any atom is -0.397 e. The van der Waals surface area contributed by atoms with E-state index in [9.17, 15) is 0 Å². The number of halogens is 1. The van der Waals surface area contributed by atoms with Crippen molar-refractivity contribution in [3.63, 3.8) is 0 Å². The highest BCUT2D eigenvalue weighted by Gasteiger charge is 2.64. The summed E-state index contributed by atoms with van der Waals surface area (Å²) in [7, 11) is 0. The highest BCUT2D eigenvalue weighted by molar-refractivity contribution is 6.31. The average molecular weight is 239 g/mol. The first kappa shape index (κ1) is 11.6. The lowest BCUT2D eigenvalue weighted by atomic mass is 10.0. The molecule has 0 radical (unpaired) electrons. The minimum absolute atomic E-state index is 0.305. The summed E-state index contributed by atoms with van der Waals surface area (Å²) in [5.74, 6) is 0. The molecule has 0 unspecified atom stereocenters. The van der Waals surface area contributed by atoms with Crippen LogP contribution in [0.2, 0.25) is 5.02 Å². The molecule has 0 bridgehead atoms. The van der Waals surface area contributed by atoms with E-state index in [1.807, 2.05) is 12.1 Å². The number of nitrogens with one attached hydrogen (secondary N) is 1. The maximum Gasteiger partial charge on any atom is 0.0577 e. The van der Waals surface area contributed by atoms with Crippen molar-refractivity contribution in [1.82, 2.24) is 0 Å². The number of nitrogen functional groups attached to an aromatic ring is 1. The standard InChI is InChI=1S/C13H19ClN2/c1-12(2)11(13(12,3)4)16-10-6-5-8(14)7-9(10)15/h5-7,11,16H,15H2,1-4H3. The Kier molecular flexibility index (Phi) is 2.39. The first-order chi connectivity index (χ1) is 7.26. The second-order valence-corrected chi connectivity index (χ2v) is 6.19. The fourth-order valence-electron chi connectivity index (χ4n) is 2.38. The van der Waals surface area contributed by atoms with Crippen LogP contribution in [0.5, 0.6) is 0 Å². The van der Waals surface area contributed by atoms with E-state index in [2.05, 4.69) is 33.0 Å². The molecule has 88 valence electrons. The molecule has 2 rings (SSSR count). The zero-order valence-corrected chi connectivity index (χ0v) is 11.0. The number of rotatable bonds is 2. The van der Waals surface area contributed by atoms with Crippen molar-refractivity contribution < 1.29 is 0 Å². The smallest absolute Gasteiger partial charge is 0.0577 e. The van der Waals surface area contributed by atoms with E-state index in [0.717, 1.165) is 5.69 Å². The molecule has 1 aromatic carbocycles. The SMILES string of the molecule is CC1(C)C(Nc2ccc(Cl)cc2N)C1(C)C. The van der Waals surface area contributed by atoms with Crippen molar-refractivity contribution in [3.8, 4) is 0 Å². The summed E-state index contributed by atoms with van der Waals surface area (Å²) in [5.41, 5.74) is 8.23. The van der Waals surface area contributed by atoms with Gasteiger partial charge in [-0.2, -0.15) is 0 Å². The largest absolute Gasteiger partial charge is 0.397 e. The average Bonchev–Trinajstić information content (AvgIpc) is 2.52. The summed E-state index contributed by atoms with van der Waals surface area (Å²) < 4.78 is 0. The van der Waals surface area contributed by atoms with Crippen molar-refractivity contribution in [1.29, 1.82) is 0 Å². The maximum absolute atomic E-state index is 5.93. The Bertz CT molecular complexity index is 410. The summed E-state index contributed by atoms with van der Waals surface area (Å²) in [5, 5.41) is 4.19. The lowest BCUT2D eigenvalue weighted by molar-refractivity contribution is 0.457. The van der Waals surface area contributed by atoms with E-state index in [-0.39, 0.29) is 0 Å². The number of nitrogens with two attached hydrogens (primary N) is 1. The van der Waals surface area contributed by atoms with Gasteiger partial charge in [0.2, 0.25) is 0 Å². The number of anilines is 2. The second kappa shape index (κ2) is 3.30. The number of hydrogen-bond acceptors (Lipinski definition) is 2. The summed E-state index contributed by atoms with van der Waals surface area (Å²) >= 11 is 5.87. The third kappa shape index (κ3) is 1.56. The maximum atomic E-state index is 5.93. The van der Waals surface area contributed by atoms with Gasteiger partial charge in [-0.15, -0.1) is 0 Å². The van der Waals surface area contributed by atoms with Crippen LogP contribution in [0.25, 0.3) is 0 Å². The zero-order chi connectivity index (χ0) is 12.1. The van der Waals surface area contributed by atoms with E-state index in [1.54, 1.807) is 6.07 Å². The highest BCUT2D eigenvalue weighted by Crippen LogP contribution is 2.63. The third-order valence-corrected chi connectivity index (χ3v) is 4.57. The Balaban J connectivity index is 2.18. The van der Waals surface area contributed by atoms with Crippen LogP contribution in [0, 0.1) is 10.8 Å². The van der Waals surface area contributed by atoms with Crippen LogP contribution < -0.4 is 11.1 Å². The topological polar surface area (TPSA) is 38.0 Å². The van der Waals surface area contributed by atoms with E-state index in [0.29, 0.717) is 27.6 Å². The fraction of sp³-hybridized carbons (Fsp3) is 0.538. The fourth-order valence-corrected chi connectivity index (χ4v) is 2.56. The lowest BCUT2D eigenvalue weighted by Gasteiger charge is -2.11. The van der Waals surface area contributed by atoms with Gasteiger partial charge >= 0.3 is 0 Å². The predicted octanol–water partition coefficient (Wildman–Crippen LogP) is 3.77. The molecular formula is C13H19ClN2. The van der Waals surface area contributed by atoms with Crippen molar-refractivity contribution in [3.05, 3.63) is 23.2 Å². The van der Waals surface area contributed by atoms with Gasteiger partial charge in [-0.25, -0.2) is 0 Å². The Morgan fingerprint density at radius 1 is 1.19 bits per heavy atom. The van der Waals surface area contributed by atoms with Crippen LogP contribution in [0.1, 0.15) is 27.7 Å². The van der Waals surface area contributed by atoms with E-state index >= 15 is 0 Å². The molecule has 0 aromatic heterocycles. The second-order valence-electron chi connectivity index (χ2n) is 5.75. The number of hydrogen-bond donors (Lipinski definition) is 2. The van der Waals surface area contributed by atoms with Crippen LogP contribution in [0.15, 0.2) is 18.2 Å². The highest BCUT2D eigenvalue weighted by atomic mass is 35.5. The van der Waals surface area contributed by atoms with Gasteiger partial charge in [-0.05, 0) is 29.0 Å². The quantitative estimate of drug-likeness (QED) is 0.770. The van der Waals surface area contributed by atoms with Crippen molar-refractivity contribution in [2.24, 2.45) is 10.8 Å². The van der Waals surface area contributed by atoms with Gasteiger partial charge in [-0.3, -0.25) is 0 Å². The molecule has 1 aliphatic carbocycles. The molecule has 0 amide bonds. The van der Waals surface area contributed by atoms with Crippen LogP contribution >= 0.6 is 11.6 Å². The molecule has 3 N–H and O–H groups in total. The van der Waals surface area contributed by atoms with E-state index < -0.39 is 0 Å². The Hall–Kier alpha value is -0.890. The monoisotopic (exact) mass is 238 g/mol. The lowest BCUT2D eigenvalue weighted by Crippen LogP contribution is -2.11. The third-order valence-electron chi connectivity index (χ3n) is 4.33. The summed E-state index contributed by atoms with van der Waals surface area (Å²) in [6.45, 7) is 9.10. The Labute approximate surface area is 102 Å². The molecule has 3 heteroatoms. The van der Waals surface area contributed by atoms with Crippen LogP contribution in [0.3, 0.4) is 0 Å². The summed E-state index contributed by atoms with van der Waals surface area (Å²) in [6, 6.07) is 6.06. The molecule has 1 fully saturated rings. The van der Waals surface area contributed by atoms with Crippen LogP contribution in [-0.4, -0.2) is 6.04 Å². The molecule has 0 heterocycles. The molecule has 0 aliphatic heterocycles. The Morgan fingerprint density at radius 3 is 2.19 bits per heavy atom. The van der Waals surface area contributed by atoms with Crippen molar-refractivity contribution in [2.75, 3.05) is 11.1 Å². The van der Waals surface area contributed by atoms with Gasteiger partial charge in [0.05, 0.1) is 11.4 Å². The summed E-state index contributed by atoms with van der Waals surface area (Å²) in [6.07, 6.45) is 0. The van der Waals surface area contributed by atoms with Gasteiger partial charge in [-0.1, -0.05) is 39.3 Å². The predicted molar refractivity (Wildman–Crippen MR) is 70.8 cm³/mol. The minimum atomic E-state index is 0.305. The first-order valence-electron chi connectivity index (χ1n) is 5.58. The van der Waals surface area contributed by atoms with Crippen molar-refractivity contribution >= 4 is 23.0 Å². The van der Waals surface area contributed by atoms with Crippen molar-refractivity contribution in [2.45, 2.75) is 33.7 Å². The molecule has 2 nitrogen and oxygen atoms in total. The number of benzene rings is 1. The first-order valence-corrected chi connectivity index (χ1v) is 5.96. The molecular weight excluding hydrogens is 220 g/mol. The summed E-state index contributed by atoms with van der Waals surface area (Å²) in [4.78, 5) is 0. The molecule has 1 saturated carbocycles. The van der Waals surface area contributed by atoms with E-state index in [1.165, 1.54) is 0 Å². The molecule has 0 saturated heterocycles. The Morgan fingerprint density at radius 2 is 1.75 bits per heavy atom.